The Balaban J connectivity index is 3.04. The Morgan fingerprint density at radius 1 is 1.35 bits per heavy atom. The molecule has 0 fully saturated rings. The van der Waals surface area contributed by atoms with Gasteiger partial charge in [0, 0.05) is 5.92 Å². The van der Waals surface area contributed by atoms with Gasteiger partial charge in [-0.1, -0.05) is 38.3 Å². The number of hydrogen-bond donors (Lipinski definition) is 2. The Morgan fingerprint density at radius 3 is 2.35 bits per heavy atom. The molecular formula is C12H23ClN4. The number of allylic oxidation sites excluding steroid dienone is 2. The molecule has 4 nitrogen and oxygen atoms in total. The first kappa shape index (κ1) is 14.3. The molecule has 1 atom stereocenters. The maximum Gasteiger partial charge on any atom is 0.150 e. The van der Waals surface area contributed by atoms with Gasteiger partial charge in [-0.2, -0.15) is 0 Å². The Bertz CT molecular complexity index is 318. The third kappa shape index (κ3) is 3.13. The maximum atomic E-state index is 6.07. The summed E-state index contributed by atoms with van der Waals surface area (Å²) in [5.74, 6) is 6.44. The molecule has 17 heavy (non-hydrogen) atoms. The minimum absolute atomic E-state index is 0.138. The number of hydrazine groups is 1. The SMILES string of the molecule is CCCC(CCC)C1=C(N)C(Cl)=NC(C)N1N. The second kappa shape index (κ2) is 6.26. The van der Waals surface area contributed by atoms with E-state index in [0.717, 1.165) is 31.4 Å². The highest BCUT2D eigenvalue weighted by Gasteiger charge is 2.28. The molecule has 1 heterocycles. The first-order chi connectivity index (χ1) is 8.02. The molecule has 1 aliphatic rings. The summed E-state index contributed by atoms with van der Waals surface area (Å²) in [4.78, 5) is 4.20. The molecule has 0 saturated heterocycles. The average molecular weight is 259 g/mol. The van der Waals surface area contributed by atoms with E-state index in [9.17, 15) is 0 Å². The van der Waals surface area contributed by atoms with Crippen molar-refractivity contribution in [1.82, 2.24) is 5.01 Å². The average Bonchev–Trinajstić information content (AvgIpc) is 2.27. The van der Waals surface area contributed by atoms with E-state index in [-0.39, 0.29) is 6.17 Å². The molecule has 0 saturated carbocycles. The van der Waals surface area contributed by atoms with Crippen LogP contribution in [0.25, 0.3) is 0 Å². The predicted molar refractivity (Wildman–Crippen MR) is 73.3 cm³/mol. The monoisotopic (exact) mass is 258 g/mol. The van der Waals surface area contributed by atoms with Crippen LogP contribution in [0.1, 0.15) is 46.5 Å². The van der Waals surface area contributed by atoms with Crippen LogP contribution in [-0.2, 0) is 0 Å². The van der Waals surface area contributed by atoms with Crippen molar-refractivity contribution in [2.75, 3.05) is 0 Å². The summed E-state index contributed by atoms with van der Waals surface area (Å²) in [6, 6.07) is 0. The number of rotatable bonds is 5. The van der Waals surface area contributed by atoms with E-state index in [4.69, 9.17) is 23.2 Å². The van der Waals surface area contributed by atoms with Crippen LogP contribution in [0.3, 0.4) is 0 Å². The largest absolute Gasteiger partial charge is 0.395 e. The Hall–Kier alpha value is -0.740. The van der Waals surface area contributed by atoms with Crippen molar-refractivity contribution < 1.29 is 0 Å². The standard InChI is InChI=1S/C12H23ClN4/c1-4-6-9(7-5-2)11-10(14)12(13)16-8(3)17(11)15/h8-9H,4-7,14-15H2,1-3H3. The van der Waals surface area contributed by atoms with Gasteiger partial charge in [0.05, 0.1) is 11.4 Å². The van der Waals surface area contributed by atoms with Gasteiger partial charge in [0.15, 0.2) is 5.17 Å². The molecule has 5 heteroatoms. The molecule has 0 spiro atoms. The third-order valence-electron chi connectivity index (χ3n) is 3.14. The van der Waals surface area contributed by atoms with E-state index in [1.54, 1.807) is 5.01 Å². The van der Waals surface area contributed by atoms with Gasteiger partial charge in [-0.3, -0.25) is 5.01 Å². The zero-order chi connectivity index (χ0) is 13.0. The van der Waals surface area contributed by atoms with Crippen LogP contribution >= 0.6 is 11.6 Å². The molecule has 0 aromatic carbocycles. The van der Waals surface area contributed by atoms with E-state index in [0.29, 0.717) is 16.8 Å². The number of hydrogen-bond acceptors (Lipinski definition) is 4. The molecule has 1 unspecified atom stereocenters. The Labute approximate surface area is 109 Å². The molecule has 1 aliphatic heterocycles. The van der Waals surface area contributed by atoms with Gasteiger partial charge < -0.3 is 5.73 Å². The van der Waals surface area contributed by atoms with Crippen LogP contribution < -0.4 is 11.6 Å². The van der Waals surface area contributed by atoms with Crippen molar-refractivity contribution >= 4 is 16.8 Å². The normalized spacial score (nSPS) is 21.2. The van der Waals surface area contributed by atoms with E-state index in [1.807, 2.05) is 6.92 Å². The second-order valence-electron chi connectivity index (χ2n) is 4.53. The van der Waals surface area contributed by atoms with Crippen LogP contribution in [0.5, 0.6) is 0 Å². The van der Waals surface area contributed by atoms with Crippen molar-refractivity contribution in [3.05, 3.63) is 11.4 Å². The molecule has 0 aromatic rings. The fraction of sp³-hybridized carbons (Fsp3) is 0.750. The van der Waals surface area contributed by atoms with Crippen molar-refractivity contribution in [1.29, 1.82) is 0 Å². The van der Waals surface area contributed by atoms with Crippen LogP contribution in [0.2, 0.25) is 0 Å². The highest BCUT2D eigenvalue weighted by Crippen LogP contribution is 2.30. The van der Waals surface area contributed by atoms with E-state index in [2.05, 4.69) is 18.8 Å². The van der Waals surface area contributed by atoms with Crippen molar-refractivity contribution in [2.45, 2.75) is 52.6 Å². The minimum atomic E-state index is -0.138. The first-order valence-corrected chi connectivity index (χ1v) is 6.67. The summed E-state index contributed by atoms with van der Waals surface area (Å²) in [6.45, 7) is 6.26. The van der Waals surface area contributed by atoms with E-state index in [1.165, 1.54) is 0 Å². The lowest BCUT2D eigenvalue weighted by atomic mass is 9.92. The van der Waals surface area contributed by atoms with Crippen LogP contribution in [0.15, 0.2) is 16.4 Å². The highest BCUT2D eigenvalue weighted by atomic mass is 35.5. The van der Waals surface area contributed by atoms with Gasteiger partial charge in [-0.25, -0.2) is 10.8 Å². The highest BCUT2D eigenvalue weighted by molar-refractivity contribution is 6.69. The van der Waals surface area contributed by atoms with Crippen molar-refractivity contribution in [2.24, 2.45) is 22.5 Å². The van der Waals surface area contributed by atoms with Gasteiger partial charge in [0.25, 0.3) is 0 Å². The summed E-state index contributed by atoms with van der Waals surface area (Å²) < 4.78 is 0. The van der Waals surface area contributed by atoms with Gasteiger partial charge >= 0.3 is 0 Å². The Morgan fingerprint density at radius 2 is 1.88 bits per heavy atom. The summed E-state index contributed by atoms with van der Waals surface area (Å²) >= 11 is 6.05. The summed E-state index contributed by atoms with van der Waals surface area (Å²) in [6.07, 6.45) is 4.24. The molecule has 1 rings (SSSR count). The number of halogens is 1. The van der Waals surface area contributed by atoms with Gasteiger partial charge in [0.1, 0.15) is 6.17 Å². The number of aliphatic imine (C=N–C) groups is 1. The zero-order valence-corrected chi connectivity index (χ0v) is 11.7. The molecule has 0 amide bonds. The van der Waals surface area contributed by atoms with Gasteiger partial charge in [-0.15, -0.1) is 0 Å². The fourth-order valence-electron chi connectivity index (χ4n) is 2.29. The molecule has 0 aliphatic carbocycles. The summed E-state index contributed by atoms with van der Waals surface area (Å²) in [5, 5.41) is 2.06. The second-order valence-corrected chi connectivity index (χ2v) is 4.89. The van der Waals surface area contributed by atoms with Crippen LogP contribution in [0, 0.1) is 5.92 Å². The predicted octanol–water partition coefficient (Wildman–Crippen LogP) is 2.55. The molecule has 0 aromatic heterocycles. The van der Waals surface area contributed by atoms with Crippen LogP contribution in [-0.4, -0.2) is 16.3 Å². The smallest absolute Gasteiger partial charge is 0.150 e. The minimum Gasteiger partial charge on any atom is -0.395 e. The number of nitrogens with zero attached hydrogens (tertiary/aromatic N) is 2. The lowest BCUT2D eigenvalue weighted by Gasteiger charge is -2.35. The first-order valence-electron chi connectivity index (χ1n) is 6.30. The third-order valence-corrected chi connectivity index (χ3v) is 3.44. The molecule has 0 radical (unpaired) electrons. The topological polar surface area (TPSA) is 67.6 Å². The van der Waals surface area contributed by atoms with Gasteiger partial charge in [-0.05, 0) is 19.8 Å². The molecule has 4 N–H and O–H groups in total. The lowest BCUT2D eigenvalue weighted by molar-refractivity contribution is 0.232. The molecule has 98 valence electrons. The van der Waals surface area contributed by atoms with Crippen molar-refractivity contribution in [3.8, 4) is 0 Å². The quantitative estimate of drug-likeness (QED) is 0.745. The zero-order valence-electron chi connectivity index (χ0n) is 10.9. The maximum absolute atomic E-state index is 6.07. The van der Waals surface area contributed by atoms with Gasteiger partial charge in [0.2, 0.25) is 0 Å². The lowest BCUT2D eigenvalue weighted by Crippen LogP contribution is -2.45. The summed E-state index contributed by atoms with van der Waals surface area (Å²) in [7, 11) is 0. The fourth-order valence-corrected chi connectivity index (χ4v) is 2.53. The van der Waals surface area contributed by atoms with E-state index < -0.39 is 0 Å². The van der Waals surface area contributed by atoms with Crippen LogP contribution in [0.4, 0.5) is 0 Å². The molecular weight excluding hydrogens is 236 g/mol. The van der Waals surface area contributed by atoms with E-state index >= 15 is 0 Å². The Kier molecular flexibility index (Phi) is 5.28. The summed E-state index contributed by atoms with van der Waals surface area (Å²) in [5.41, 5.74) is 7.53. The van der Waals surface area contributed by atoms with Crippen molar-refractivity contribution in [3.63, 3.8) is 0 Å². The number of nitrogens with two attached hydrogens (primary N) is 2. The molecule has 0 bridgehead atoms.